The molecule has 1 N–H and O–H groups in total. The highest BCUT2D eigenvalue weighted by atomic mass is 14.9. The fourth-order valence-corrected chi connectivity index (χ4v) is 2.07. The van der Waals surface area contributed by atoms with Crippen LogP contribution in [0.15, 0.2) is 29.8 Å². The summed E-state index contributed by atoms with van der Waals surface area (Å²) in [6.45, 7) is 11.9. The highest BCUT2D eigenvalue weighted by Crippen LogP contribution is 2.21. The molecule has 0 aliphatic carbocycles. The van der Waals surface area contributed by atoms with Crippen molar-refractivity contribution in [3.8, 4) is 0 Å². The molecule has 1 aromatic rings. The van der Waals surface area contributed by atoms with Crippen molar-refractivity contribution in [3.63, 3.8) is 0 Å². The van der Waals surface area contributed by atoms with Crippen LogP contribution in [-0.2, 0) is 0 Å². The molecule has 1 nitrogen and oxygen atoms in total. The first kappa shape index (κ1) is 14.0. The Kier molecular flexibility index (Phi) is 5.43. The van der Waals surface area contributed by atoms with Crippen LogP contribution in [0.25, 0.3) is 0 Å². The number of hydrogen-bond donors (Lipinski definition) is 1. The predicted molar refractivity (Wildman–Crippen MR) is 76.4 cm³/mol. The van der Waals surface area contributed by atoms with Gasteiger partial charge >= 0.3 is 0 Å². The Hall–Kier alpha value is -1.08. The molecule has 0 bridgehead atoms. The van der Waals surface area contributed by atoms with Crippen molar-refractivity contribution in [3.05, 3.63) is 46.5 Å². The quantitative estimate of drug-likeness (QED) is 0.745. The van der Waals surface area contributed by atoms with Crippen molar-refractivity contribution in [1.29, 1.82) is 0 Å². The van der Waals surface area contributed by atoms with Crippen molar-refractivity contribution in [2.75, 3.05) is 6.54 Å². The molecule has 0 aliphatic rings. The van der Waals surface area contributed by atoms with Gasteiger partial charge in [-0.1, -0.05) is 42.3 Å². The van der Waals surface area contributed by atoms with Gasteiger partial charge in [0.05, 0.1) is 6.04 Å². The Morgan fingerprint density at radius 1 is 1.29 bits per heavy atom. The first-order chi connectivity index (χ1) is 8.04. The summed E-state index contributed by atoms with van der Waals surface area (Å²) in [5.41, 5.74) is 5.46. The van der Waals surface area contributed by atoms with E-state index in [-0.39, 0.29) is 0 Å². The van der Waals surface area contributed by atoms with Crippen LogP contribution in [0.1, 0.15) is 49.9 Å². The summed E-state index contributed by atoms with van der Waals surface area (Å²) in [7, 11) is 0. The lowest BCUT2D eigenvalue weighted by atomic mass is 9.97. The van der Waals surface area contributed by atoms with Gasteiger partial charge in [0.15, 0.2) is 0 Å². The number of hydrogen-bond acceptors (Lipinski definition) is 1. The average molecular weight is 231 g/mol. The van der Waals surface area contributed by atoms with E-state index in [1.54, 1.807) is 0 Å². The zero-order chi connectivity index (χ0) is 12.8. The summed E-state index contributed by atoms with van der Waals surface area (Å²) in [5.74, 6) is 0. The van der Waals surface area contributed by atoms with Gasteiger partial charge in [0.2, 0.25) is 0 Å². The van der Waals surface area contributed by atoms with E-state index in [0.717, 1.165) is 13.0 Å². The van der Waals surface area contributed by atoms with Crippen LogP contribution in [0.3, 0.4) is 0 Å². The minimum atomic E-state index is 0.348. The fraction of sp³-hybridized carbons (Fsp3) is 0.500. The van der Waals surface area contributed by atoms with Crippen LogP contribution >= 0.6 is 0 Å². The van der Waals surface area contributed by atoms with Gasteiger partial charge in [0.1, 0.15) is 0 Å². The van der Waals surface area contributed by atoms with Gasteiger partial charge in [-0.2, -0.15) is 0 Å². The van der Waals surface area contributed by atoms with Crippen LogP contribution < -0.4 is 5.32 Å². The van der Waals surface area contributed by atoms with Gasteiger partial charge < -0.3 is 5.32 Å². The molecule has 1 unspecified atom stereocenters. The molecule has 0 heterocycles. The van der Waals surface area contributed by atoms with Crippen molar-refractivity contribution in [1.82, 2.24) is 5.32 Å². The molecule has 17 heavy (non-hydrogen) atoms. The molecule has 0 spiro atoms. The van der Waals surface area contributed by atoms with Crippen LogP contribution in [0.2, 0.25) is 0 Å². The molecule has 1 heteroatoms. The van der Waals surface area contributed by atoms with Gasteiger partial charge in [-0.3, -0.25) is 0 Å². The monoisotopic (exact) mass is 231 g/mol. The Morgan fingerprint density at radius 3 is 2.53 bits per heavy atom. The predicted octanol–water partition coefficient (Wildman–Crippen LogP) is 4.31. The standard InChI is InChI=1S/C16H25N/c1-6-9-17-16(10-12(2)3)15-8-7-13(4)11-14(15)5/h7-8,10-11,16-17H,6,9H2,1-5H3. The Bertz CT molecular complexity index is 387. The second-order valence-corrected chi connectivity index (χ2v) is 5.04. The molecule has 0 radical (unpaired) electrons. The van der Waals surface area contributed by atoms with Gasteiger partial charge in [-0.05, 0) is 51.8 Å². The lowest BCUT2D eigenvalue weighted by Gasteiger charge is -2.18. The summed E-state index contributed by atoms with van der Waals surface area (Å²) in [6.07, 6.45) is 3.48. The Labute approximate surface area is 106 Å². The topological polar surface area (TPSA) is 12.0 Å². The van der Waals surface area contributed by atoms with E-state index in [1.165, 1.54) is 22.3 Å². The van der Waals surface area contributed by atoms with E-state index >= 15 is 0 Å². The second kappa shape index (κ2) is 6.61. The van der Waals surface area contributed by atoms with E-state index < -0.39 is 0 Å². The molecule has 1 aromatic carbocycles. The minimum absolute atomic E-state index is 0.348. The molecule has 0 saturated heterocycles. The lowest BCUT2D eigenvalue weighted by Crippen LogP contribution is -2.21. The highest BCUT2D eigenvalue weighted by Gasteiger charge is 2.10. The molecule has 94 valence electrons. The zero-order valence-corrected chi connectivity index (χ0v) is 11.8. The van der Waals surface area contributed by atoms with E-state index in [1.807, 2.05) is 0 Å². The number of benzene rings is 1. The maximum Gasteiger partial charge on any atom is 0.0511 e. The smallest absolute Gasteiger partial charge is 0.0511 e. The second-order valence-electron chi connectivity index (χ2n) is 5.04. The number of allylic oxidation sites excluding steroid dienone is 1. The molecule has 1 atom stereocenters. The first-order valence-corrected chi connectivity index (χ1v) is 6.50. The first-order valence-electron chi connectivity index (χ1n) is 6.50. The molecule has 0 saturated carbocycles. The maximum atomic E-state index is 3.60. The van der Waals surface area contributed by atoms with Gasteiger partial charge in [-0.15, -0.1) is 0 Å². The maximum absolute atomic E-state index is 3.60. The van der Waals surface area contributed by atoms with E-state index in [9.17, 15) is 0 Å². The minimum Gasteiger partial charge on any atom is -0.307 e. The molecule has 0 aliphatic heterocycles. The average Bonchev–Trinajstić information content (AvgIpc) is 2.24. The lowest BCUT2D eigenvalue weighted by molar-refractivity contribution is 0.608. The SMILES string of the molecule is CCCNC(C=C(C)C)c1ccc(C)cc1C. The molecule has 0 amide bonds. The van der Waals surface area contributed by atoms with Crippen LogP contribution in [-0.4, -0.2) is 6.54 Å². The molecular weight excluding hydrogens is 206 g/mol. The van der Waals surface area contributed by atoms with Crippen molar-refractivity contribution in [2.45, 2.75) is 47.1 Å². The third-order valence-electron chi connectivity index (χ3n) is 2.87. The van der Waals surface area contributed by atoms with Crippen LogP contribution in [0, 0.1) is 13.8 Å². The van der Waals surface area contributed by atoms with E-state index in [4.69, 9.17) is 0 Å². The highest BCUT2D eigenvalue weighted by molar-refractivity contribution is 5.35. The van der Waals surface area contributed by atoms with Gasteiger partial charge in [-0.25, -0.2) is 0 Å². The fourth-order valence-electron chi connectivity index (χ4n) is 2.07. The number of rotatable bonds is 5. The third kappa shape index (κ3) is 4.35. The summed E-state index contributed by atoms with van der Waals surface area (Å²) in [5, 5.41) is 3.60. The zero-order valence-electron chi connectivity index (χ0n) is 11.8. The van der Waals surface area contributed by atoms with Crippen LogP contribution in [0.5, 0.6) is 0 Å². The molecule has 0 fully saturated rings. The van der Waals surface area contributed by atoms with Crippen molar-refractivity contribution >= 4 is 0 Å². The van der Waals surface area contributed by atoms with E-state index in [0.29, 0.717) is 6.04 Å². The third-order valence-corrected chi connectivity index (χ3v) is 2.87. The summed E-state index contributed by atoms with van der Waals surface area (Å²) in [6, 6.07) is 7.05. The van der Waals surface area contributed by atoms with Crippen LogP contribution in [0.4, 0.5) is 0 Å². The number of aryl methyl sites for hydroxylation is 2. The summed E-state index contributed by atoms with van der Waals surface area (Å²) in [4.78, 5) is 0. The summed E-state index contributed by atoms with van der Waals surface area (Å²) >= 11 is 0. The van der Waals surface area contributed by atoms with Gasteiger partial charge in [0, 0.05) is 0 Å². The van der Waals surface area contributed by atoms with E-state index in [2.05, 4.69) is 64.2 Å². The molecule has 0 aromatic heterocycles. The van der Waals surface area contributed by atoms with Crippen molar-refractivity contribution < 1.29 is 0 Å². The molecular formula is C16H25N. The Morgan fingerprint density at radius 2 is 2.00 bits per heavy atom. The van der Waals surface area contributed by atoms with Gasteiger partial charge in [0.25, 0.3) is 0 Å². The normalized spacial score (nSPS) is 12.3. The molecule has 1 rings (SSSR count). The number of nitrogens with one attached hydrogen (secondary N) is 1. The van der Waals surface area contributed by atoms with Crippen molar-refractivity contribution in [2.24, 2.45) is 0 Å². The largest absolute Gasteiger partial charge is 0.307 e. The Balaban J connectivity index is 2.99. The summed E-state index contributed by atoms with van der Waals surface area (Å²) < 4.78 is 0.